The largest absolute Gasteiger partial charge is 0.756 e. The third-order valence-electron chi connectivity index (χ3n) is 16.6. The topological polar surface area (TPSA) is 108 Å². The fraction of sp³-hybridized carbons (Fsp3) is 0.903. The van der Waals surface area contributed by atoms with Gasteiger partial charge in [0, 0.05) is 6.42 Å². The highest BCUT2D eigenvalue weighted by Crippen LogP contribution is 2.38. The van der Waals surface area contributed by atoms with Crippen molar-refractivity contribution in [1.82, 2.24) is 5.32 Å². The fourth-order valence-corrected chi connectivity index (χ4v) is 11.7. The number of carbonyl (C=O) groups excluding carboxylic acids is 1. The molecule has 0 aliphatic carbocycles. The highest BCUT2D eigenvalue weighted by atomic mass is 31.2. The molecular formula is C72H141N2O6P. The van der Waals surface area contributed by atoms with Crippen LogP contribution in [0.15, 0.2) is 36.5 Å². The second kappa shape index (κ2) is 63.2. The first kappa shape index (κ1) is 79.7. The van der Waals surface area contributed by atoms with Crippen molar-refractivity contribution < 1.29 is 32.9 Å². The number of carbonyl (C=O) groups is 1. The Morgan fingerprint density at radius 3 is 1.02 bits per heavy atom. The molecule has 0 saturated heterocycles. The summed E-state index contributed by atoms with van der Waals surface area (Å²) in [4.78, 5) is 25.6. The molecule has 0 aromatic rings. The van der Waals surface area contributed by atoms with Crippen LogP contribution in [0.25, 0.3) is 0 Å². The van der Waals surface area contributed by atoms with Gasteiger partial charge in [-0.1, -0.05) is 346 Å². The molecule has 0 bridgehead atoms. The van der Waals surface area contributed by atoms with Crippen molar-refractivity contribution in [3.05, 3.63) is 36.5 Å². The van der Waals surface area contributed by atoms with Gasteiger partial charge in [0.25, 0.3) is 7.82 Å². The van der Waals surface area contributed by atoms with Gasteiger partial charge >= 0.3 is 0 Å². The van der Waals surface area contributed by atoms with Gasteiger partial charge in [-0.2, -0.15) is 0 Å². The summed E-state index contributed by atoms with van der Waals surface area (Å²) in [6.45, 7) is 4.69. The van der Waals surface area contributed by atoms with E-state index in [-0.39, 0.29) is 19.1 Å². The van der Waals surface area contributed by atoms with Crippen LogP contribution < -0.4 is 10.2 Å². The van der Waals surface area contributed by atoms with Crippen molar-refractivity contribution >= 4 is 13.7 Å². The van der Waals surface area contributed by atoms with E-state index in [4.69, 9.17) is 9.05 Å². The molecule has 0 aromatic heterocycles. The minimum atomic E-state index is -4.60. The molecule has 0 aliphatic heterocycles. The predicted octanol–water partition coefficient (Wildman–Crippen LogP) is 22.2. The van der Waals surface area contributed by atoms with Gasteiger partial charge in [-0.3, -0.25) is 9.36 Å². The van der Waals surface area contributed by atoms with Gasteiger partial charge in [0.15, 0.2) is 0 Å². The van der Waals surface area contributed by atoms with Gasteiger partial charge in [-0.15, -0.1) is 0 Å². The van der Waals surface area contributed by atoms with Crippen LogP contribution in [0, 0.1) is 0 Å². The van der Waals surface area contributed by atoms with Crippen molar-refractivity contribution in [2.75, 3.05) is 40.9 Å². The Balaban J connectivity index is 3.92. The smallest absolute Gasteiger partial charge is 0.268 e. The third kappa shape index (κ3) is 66.1. The van der Waals surface area contributed by atoms with Gasteiger partial charge in [0.2, 0.25) is 5.91 Å². The molecule has 8 nitrogen and oxygen atoms in total. The third-order valence-corrected chi connectivity index (χ3v) is 17.6. The average Bonchev–Trinajstić information content (AvgIpc) is 3.43. The number of likely N-dealkylation sites (N-methyl/N-ethyl adjacent to an activating group) is 1. The van der Waals surface area contributed by atoms with Gasteiger partial charge < -0.3 is 28.8 Å². The number of nitrogens with one attached hydrogen (secondary N) is 1. The van der Waals surface area contributed by atoms with Crippen molar-refractivity contribution in [3.8, 4) is 0 Å². The van der Waals surface area contributed by atoms with Crippen LogP contribution in [0.3, 0.4) is 0 Å². The maximum absolute atomic E-state index is 13.0. The van der Waals surface area contributed by atoms with Crippen LogP contribution in [0.4, 0.5) is 0 Å². The lowest BCUT2D eigenvalue weighted by molar-refractivity contribution is -0.870. The second-order valence-electron chi connectivity index (χ2n) is 25.9. The summed E-state index contributed by atoms with van der Waals surface area (Å²) in [6.07, 6.45) is 84.2. The number of aliphatic hydroxyl groups excluding tert-OH is 1. The van der Waals surface area contributed by atoms with Crippen LogP contribution in [-0.4, -0.2) is 68.5 Å². The molecule has 0 rings (SSSR count). The monoisotopic (exact) mass is 1160 g/mol. The SMILES string of the molecule is CCCCCCC/C=C\C/C=C\CCCCCCCCCCCCCCCCCCCCCCCCCCCCCC(=O)NC(COP(=O)([O-])OCC[N+](C)(C)C)C(O)/C=C/CCCCCCCCCCCCCCCCCCCC. The zero-order valence-corrected chi connectivity index (χ0v) is 55.9. The summed E-state index contributed by atoms with van der Waals surface area (Å²) in [5.41, 5.74) is 0. The molecule has 9 heteroatoms. The standard InChI is InChI=1S/C72H141N2O6P/c1-6-8-10-12-14-16-18-20-22-24-26-28-29-30-31-32-33-34-35-36-37-38-39-40-41-42-43-44-45-46-48-50-52-54-56-58-60-62-64-66-72(76)73-70(69-80-81(77,78)79-68-67-74(3,4)5)71(75)65-63-61-59-57-55-53-51-49-47-27-25-23-21-19-17-15-13-11-9-7-2/h18,20,24,26,63,65,70-71,75H,6-17,19,21-23,25,27-62,64,66-69H2,1-5H3,(H-,73,76,77,78)/b20-18-,26-24-,65-63+. The number of aliphatic hydroxyl groups is 1. The normalized spacial score (nSPS) is 13.8. The van der Waals surface area contributed by atoms with E-state index in [0.717, 1.165) is 44.9 Å². The van der Waals surface area contributed by atoms with Crippen LogP contribution in [-0.2, 0) is 18.4 Å². The molecule has 480 valence electrons. The Bertz CT molecular complexity index is 1410. The molecule has 3 atom stereocenters. The van der Waals surface area contributed by atoms with E-state index in [2.05, 4.69) is 43.5 Å². The molecule has 0 heterocycles. The van der Waals surface area contributed by atoms with Crippen molar-refractivity contribution in [2.45, 2.75) is 379 Å². The van der Waals surface area contributed by atoms with E-state index in [1.54, 1.807) is 6.08 Å². The maximum atomic E-state index is 13.0. The average molecular weight is 1160 g/mol. The quantitative estimate of drug-likeness (QED) is 0.0272. The molecule has 3 unspecified atom stereocenters. The number of allylic oxidation sites excluding steroid dienone is 5. The molecule has 0 saturated carbocycles. The number of nitrogens with zero attached hydrogens (tertiary/aromatic N) is 1. The summed E-state index contributed by atoms with van der Waals surface area (Å²) in [5.74, 6) is -0.189. The summed E-state index contributed by atoms with van der Waals surface area (Å²) in [6, 6.07) is -0.885. The molecule has 0 aromatic carbocycles. The molecule has 0 fully saturated rings. The summed E-state index contributed by atoms with van der Waals surface area (Å²) in [5, 5.41) is 14.0. The Morgan fingerprint density at radius 2 is 0.716 bits per heavy atom. The number of phosphoric acid groups is 1. The Morgan fingerprint density at radius 1 is 0.432 bits per heavy atom. The number of unbranched alkanes of at least 4 members (excludes halogenated alkanes) is 50. The summed E-state index contributed by atoms with van der Waals surface area (Å²) < 4.78 is 23.4. The van der Waals surface area contributed by atoms with Gasteiger partial charge in [-0.25, -0.2) is 0 Å². The van der Waals surface area contributed by atoms with E-state index in [0.29, 0.717) is 17.4 Å². The van der Waals surface area contributed by atoms with Crippen molar-refractivity contribution in [2.24, 2.45) is 0 Å². The first-order chi connectivity index (χ1) is 39.5. The number of rotatable bonds is 67. The lowest BCUT2D eigenvalue weighted by Gasteiger charge is -2.29. The van der Waals surface area contributed by atoms with Crippen LogP contribution in [0.1, 0.15) is 367 Å². The molecule has 0 spiro atoms. The van der Waals surface area contributed by atoms with Gasteiger partial charge in [-0.05, 0) is 51.4 Å². The first-order valence-corrected chi connectivity index (χ1v) is 37.3. The van der Waals surface area contributed by atoms with E-state index >= 15 is 0 Å². The molecule has 2 N–H and O–H groups in total. The van der Waals surface area contributed by atoms with E-state index in [1.807, 2.05) is 27.2 Å². The van der Waals surface area contributed by atoms with Crippen LogP contribution in [0.5, 0.6) is 0 Å². The van der Waals surface area contributed by atoms with Crippen molar-refractivity contribution in [3.63, 3.8) is 0 Å². The molecule has 0 aliphatic rings. The van der Waals surface area contributed by atoms with E-state index < -0.39 is 20.0 Å². The van der Waals surface area contributed by atoms with E-state index in [9.17, 15) is 19.4 Å². The number of hydrogen-bond acceptors (Lipinski definition) is 6. The summed E-state index contributed by atoms with van der Waals surface area (Å²) in [7, 11) is 1.28. The first-order valence-electron chi connectivity index (χ1n) is 35.9. The minimum Gasteiger partial charge on any atom is -0.756 e. The highest BCUT2D eigenvalue weighted by Gasteiger charge is 2.23. The molecule has 0 radical (unpaired) electrons. The minimum absolute atomic E-state index is 0.00167. The number of quaternary nitrogens is 1. The second-order valence-corrected chi connectivity index (χ2v) is 27.4. The Hall–Kier alpha value is -1.28. The molecular weight excluding hydrogens is 1020 g/mol. The maximum Gasteiger partial charge on any atom is 0.268 e. The van der Waals surface area contributed by atoms with Gasteiger partial charge in [0.05, 0.1) is 39.9 Å². The lowest BCUT2D eigenvalue weighted by atomic mass is 10.0. The van der Waals surface area contributed by atoms with Crippen LogP contribution >= 0.6 is 7.82 Å². The van der Waals surface area contributed by atoms with Gasteiger partial charge in [0.1, 0.15) is 13.2 Å². The molecule has 1 amide bonds. The summed E-state index contributed by atoms with van der Waals surface area (Å²) >= 11 is 0. The molecule has 81 heavy (non-hydrogen) atoms. The number of phosphoric ester groups is 1. The zero-order chi connectivity index (χ0) is 59.1. The van der Waals surface area contributed by atoms with Crippen LogP contribution in [0.2, 0.25) is 0 Å². The zero-order valence-electron chi connectivity index (χ0n) is 55.0. The van der Waals surface area contributed by atoms with Crippen molar-refractivity contribution in [1.29, 1.82) is 0 Å². The Kier molecular flexibility index (Phi) is 62.2. The Labute approximate surface area is 506 Å². The van der Waals surface area contributed by atoms with E-state index in [1.165, 1.54) is 302 Å². The fourth-order valence-electron chi connectivity index (χ4n) is 11.0. The lowest BCUT2D eigenvalue weighted by Crippen LogP contribution is -2.45. The number of amides is 1. The highest BCUT2D eigenvalue weighted by molar-refractivity contribution is 7.45. The predicted molar refractivity (Wildman–Crippen MR) is 353 cm³/mol. The number of hydrogen-bond donors (Lipinski definition) is 2.